The maximum Gasteiger partial charge on any atom is 1.00 e. The van der Waals surface area contributed by atoms with E-state index in [1.54, 1.807) is 0 Å². The van der Waals surface area contributed by atoms with Crippen molar-refractivity contribution >= 4 is 0 Å². The van der Waals surface area contributed by atoms with Crippen LogP contribution in [0.2, 0.25) is 0 Å². The van der Waals surface area contributed by atoms with Crippen LogP contribution < -0.4 is 29.6 Å². The number of hydrogen-bond acceptors (Lipinski definition) is 0. The molecule has 0 spiro atoms. The van der Waals surface area contributed by atoms with Crippen molar-refractivity contribution in [3.63, 3.8) is 0 Å². The van der Waals surface area contributed by atoms with Crippen LogP contribution in [0, 0.1) is 18.3 Å². The molecule has 2 atom stereocenters. The Balaban J connectivity index is 0.000000500. The second-order valence-electron chi connectivity index (χ2n) is 2.82. The molecule has 0 bridgehead atoms. The number of rotatable bonds is 0. The van der Waals surface area contributed by atoms with Gasteiger partial charge in [0.15, 0.2) is 0 Å². The van der Waals surface area contributed by atoms with E-state index in [9.17, 15) is 0 Å². The molecule has 0 aromatic heterocycles. The molecule has 0 aromatic carbocycles. The van der Waals surface area contributed by atoms with Crippen molar-refractivity contribution in [1.82, 2.24) is 0 Å². The van der Waals surface area contributed by atoms with Crippen LogP contribution in [0.5, 0.6) is 0 Å². The molecule has 2 rings (SSSR count). The van der Waals surface area contributed by atoms with Crippen molar-refractivity contribution in [3.8, 4) is 0 Å². The minimum atomic E-state index is 0. The molecular formula is C9H11Na. The summed E-state index contributed by atoms with van der Waals surface area (Å²) in [7, 11) is 0. The van der Waals surface area contributed by atoms with Crippen molar-refractivity contribution in [1.29, 1.82) is 0 Å². The van der Waals surface area contributed by atoms with Gasteiger partial charge in [-0.25, -0.2) is 0 Å². The van der Waals surface area contributed by atoms with E-state index in [2.05, 4.69) is 30.7 Å². The van der Waals surface area contributed by atoms with E-state index in [-0.39, 0.29) is 29.6 Å². The molecule has 0 aliphatic heterocycles. The number of fused-ring (bicyclic) bond motifs is 1. The van der Waals surface area contributed by atoms with Crippen LogP contribution in [0.25, 0.3) is 0 Å². The monoisotopic (exact) mass is 142 g/mol. The van der Waals surface area contributed by atoms with Crippen LogP contribution in [-0.2, 0) is 0 Å². The van der Waals surface area contributed by atoms with Crippen LogP contribution in [-0.4, -0.2) is 0 Å². The summed E-state index contributed by atoms with van der Waals surface area (Å²) in [6.45, 7) is 0. The summed E-state index contributed by atoms with van der Waals surface area (Å²) < 4.78 is 0. The molecule has 1 saturated carbocycles. The van der Waals surface area contributed by atoms with Crippen LogP contribution in [0.1, 0.15) is 12.8 Å². The third-order valence-electron chi connectivity index (χ3n) is 2.24. The van der Waals surface area contributed by atoms with E-state index in [0.29, 0.717) is 0 Å². The fraction of sp³-hybridized carbons (Fsp3) is 0.444. The van der Waals surface area contributed by atoms with Gasteiger partial charge in [0.05, 0.1) is 0 Å². The second kappa shape index (κ2) is 3.75. The molecule has 48 valence electrons. The molecular weight excluding hydrogens is 131 g/mol. The first-order valence-electron chi connectivity index (χ1n) is 3.65. The SMILES string of the molecule is C1=CC2[CH-]CCC2C=C1.[Na+]. The van der Waals surface area contributed by atoms with Crippen LogP contribution >= 0.6 is 0 Å². The quantitative estimate of drug-likeness (QED) is 0.311. The Bertz CT molecular complexity index is 140. The second-order valence-corrected chi connectivity index (χ2v) is 2.82. The fourth-order valence-corrected chi connectivity index (χ4v) is 1.69. The van der Waals surface area contributed by atoms with E-state index in [1.165, 1.54) is 12.8 Å². The van der Waals surface area contributed by atoms with Gasteiger partial charge in [-0.1, -0.05) is 24.6 Å². The Labute approximate surface area is 84.7 Å². The van der Waals surface area contributed by atoms with Crippen LogP contribution in [0.3, 0.4) is 0 Å². The van der Waals surface area contributed by atoms with Gasteiger partial charge in [-0.05, 0) is 5.92 Å². The molecule has 1 heteroatoms. The summed E-state index contributed by atoms with van der Waals surface area (Å²) in [5.41, 5.74) is 0. The molecule has 0 N–H and O–H groups in total. The largest absolute Gasteiger partial charge is 1.00 e. The van der Waals surface area contributed by atoms with Gasteiger partial charge >= 0.3 is 29.6 Å². The first kappa shape index (κ1) is 8.58. The van der Waals surface area contributed by atoms with Crippen LogP contribution in [0.4, 0.5) is 0 Å². The summed E-state index contributed by atoms with van der Waals surface area (Å²) in [5.74, 6) is 1.62. The van der Waals surface area contributed by atoms with Crippen LogP contribution in [0.15, 0.2) is 24.3 Å². The standard InChI is InChI=1S/C9H11.Na/c1-2-5-9-7-3-6-8(9)4-1;/h1-2,4-6,8-9H,3,7H2;/q-1;+1. The Morgan fingerprint density at radius 1 is 1.20 bits per heavy atom. The van der Waals surface area contributed by atoms with Gasteiger partial charge in [0.2, 0.25) is 0 Å². The van der Waals surface area contributed by atoms with Gasteiger partial charge in [0.25, 0.3) is 0 Å². The smallest absolute Gasteiger partial charge is 0.321 e. The predicted octanol–water partition coefficient (Wildman–Crippen LogP) is -0.653. The average Bonchev–Trinajstić information content (AvgIpc) is 2.33. The van der Waals surface area contributed by atoms with Crippen molar-refractivity contribution in [2.24, 2.45) is 11.8 Å². The molecule has 0 saturated heterocycles. The Hall–Kier alpha value is 0.480. The van der Waals surface area contributed by atoms with Gasteiger partial charge < -0.3 is 6.42 Å². The van der Waals surface area contributed by atoms with Gasteiger partial charge in [-0.2, -0.15) is 6.42 Å². The minimum Gasteiger partial charge on any atom is -0.321 e. The van der Waals surface area contributed by atoms with Gasteiger partial charge in [0, 0.05) is 0 Å². The van der Waals surface area contributed by atoms with Crippen molar-refractivity contribution in [2.75, 3.05) is 0 Å². The minimum absolute atomic E-state index is 0. The van der Waals surface area contributed by atoms with E-state index in [4.69, 9.17) is 0 Å². The topological polar surface area (TPSA) is 0 Å². The van der Waals surface area contributed by atoms with Crippen molar-refractivity contribution in [2.45, 2.75) is 12.8 Å². The third-order valence-corrected chi connectivity index (χ3v) is 2.24. The molecule has 2 aliphatic carbocycles. The van der Waals surface area contributed by atoms with Gasteiger partial charge in [-0.3, -0.25) is 0 Å². The normalized spacial score (nSPS) is 35.2. The molecule has 0 amide bonds. The number of hydrogen-bond donors (Lipinski definition) is 0. The van der Waals surface area contributed by atoms with Crippen molar-refractivity contribution < 1.29 is 29.6 Å². The molecule has 10 heavy (non-hydrogen) atoms. The third kappa shape index (κ3) is 1.55. The summed E-state index contributed by atoms with van der Waals surface area (Å²) in [6.07, 6.45) is 14.1. The molecule has 0 nitrogen and oxygen atoms in total. The van der Waals surface area contributed by atoms with E-state index < -0.39 is 0 Å². The maximum atomic E-state index is 2.42. The Morgan fingerprint density at radius 3 is 2.80 bits per heavy atom. The van der Waals surface area contributed by atoms with Gasteiger partial charge in [-0.15, -0.1) is 12.0 Å². The predicted molar refractivity (Wildman–Crippen MR) is 38.8 cm³/mol. The molecule has 0 aromatic rings. The number of allylic oxidation sites excluding steroid dienone is 4. The Kier molecular flexibility index (Phi) is 3.22. The summed E-state index contributed by atoms with van der Waals surface area (Å²) in [4.78, 5) is 0. The summed E-state index contributed by atoms with van der Waals surface area (Å²) >= 11 is 0. The summed E-state index contributed by atoms with van der Waals surface area (Å²) in [6, 6.07) is 0. The van der Waals surface area contributed by atoms with E-state index >= 15 is 0 Å². The first-order chi connectivity index (χ1) is 4.47. The molecule has 0 heterocycles. The zero-order chi connectivity index (χ0) is 6.10. The molecule has 1 fully saturated rings. The van der Waals surface area contributed by atoms with E-state index in [0.717, 1.165) is 11.8 Å². The molecule has 2 unspecified atom stereocenters. The maximum absolute atomic E-state index is 2.42. The molecule has 0 radical (unpaired) electrons. The fourth-order valence-electron chi connectivity index (χ4n) is 1.69. The average molecular weight is 142 g/mol. The summed E-state index contributed by atoms with van der Waals surface area (Å²) in [5, 5.41) is 0. The van der Waals surface area contributed by atoms with E-state index in [1.807, 2.05) is 0 Å². The molecule has 2 aliphatic rings. The van der Waals surface area contributed by atoms with Gasteiger partial charge in [0.1, 0.15) is 0 Å². The Morgan fingerprint density at radius 2 is 2.00 bits per heavy atom. The van der Waals surface area contributed by atoms with Crippen molar-refractivity contribution in [3.05, 3.63) is 30.7 Å². The zero-order valence-corrected chi connectivity index (χ0v) is 8.46. The first-order valence-corrected chi connectivity index (χ1v) is 3.65. The zero-order valence-electron chi connectivity index (χ0n) is 6.46.